The summed E-state index contributed by atoms with van der Waals surface area (Å²) in [7, 11) is 3.79. The molecule has 1 unspecified atom stereocenters. The minimum atomic E-state index is -1.23. The lowest BCUT2D eigenvalue weighted by molar-refractivity contribution is -0.169. The lowest BCUT2D eigenvalue weighted by atomic mass is 9.86. The summed E-state index contributed by atoms with van der Waals surface area (Å²) in [5.74, 6) is -1.39. The van der Waals surface area contributed by atoms with Crippen molar-refractivity contribution in [3.05, 3.63) is 60.8 Å². The molecule has 1 heterocycles. The van der Waals surface area contributed by atoms with Crippen molar-refractivity contribution in [1.29, 1.82) is 0 Å². The van der Waals surface area contributed by atoms with Gasteiger partial charge in [0.25, 0.3) is 5.91 Å². The van der Waals surface area contributed by atoms with Crippen molar-refractivity contribution in [1.82, 2.24) is 5.32 Å². The average Bonchev–Trinajstić information content (AvgIpc) is 3.48. The molecular formula is C38H59NO7S2. The second-order valence-corrected chi connectivity index (χ2v) is 15.9. The van der Waals surface area contributed by atoms with Crippen LogP contribution in [0.2, 0.25) is 0 Å². The Bertz CT molecular complexity index is 1100. The average molecular weight is 706 g/mol. The van der Waals surface area contributed by atoms with Gasteiger partial charge in [-0.1, -0.05) is 110 Å². The normalized spacial score (nSPS) is 17.7. The van der Waals surface area contributed by atoms with E-state index in [0.29, 0.717) is 12.8 Å². The number of hydrogen-bond acceptors (Lipinski definition) is 8. The number of ether oxygens (including phenoxy) is 2. The quantitative estimate of drug-likeness (QED) is 0.0393. The van der Waals surface area contributed by atoms with Crippen molar-refractivity contribution < 1.29 is 33.8 Å². The molecule has 0 aromatic carbocycles. The lowest BCUT2D eigenvalue weighted by Crippen LogP contribution is -2.49. The fourth-order valence-corrected chi connectivity index (χ4v) is 8.01. The predicted molar refractivity (Wildman–Crippen MR) is 200 cm³/mol. The summed E-state index contributed by atoms with van der Waals surface area (Å²) < 4.78 is 11.4. The molecule has 8 nitrogen and oxygen atoms in total. The summed E-state index contributed by atoms with van der Waals surface area (Å²) in [6, 6.07) is 0. The summed E-state index contributed by atoms with van der Waals surface area (Å²) in [4.78, 5) is 49.1. The second-order valence-electron chi connectivity index (χ2n) is 12.9. The molecule has 0 aromatic heterocycles. The van der Waals surface area contributed by atoms with Crippen molar-refractivity contribution in [2.45, 2.75) is 128 Å². The molecule has 0 aromatic rings. The van der Waals surface area contributed by atoms with Crippen molar-refractivity contribution >= 4 is 45.4 Å². The number of nitrogens with one attached hydrogen (secondary N) is 1. The molecule has 1 saturated heterocycles. The maximum Gasteiger partial charge on any atom is 0.306 e. The largest absolute Gasteiger partial charge is 0.481 e. The van der Waals surface area contributed by atoms with Crippen LogP contribution in [0.5, 0.6) is 0 Å². The van der Waals surface area contributed by atoms with Crippen LogP contribution in [0.25, 0.3) is 0 Å². The molecular weight excluding hydrogens is 647 g/mol. The molecule has 10 heteroatoms. The number of amides is 1. The molecule has 0 spiro atoms. The van der Waals surface area contributed by atoms with Crippen LogP contribution in [-0.2, 0) is 28.7 Å². The highest BCUT2D eigenvalue weighted by atomic mass is 33.1. The SMILES string of the molecule is CCC=CCC=CCC=CCC=CCC=CCCCC(=O)OCC(C)(C)C(OC(=O)CCCC[C@]1(C)CCSS1)C(=O)NCCC(=O)O. The van der Waals surface area contributed by atoms with E-state index in [1.807, 2.05) is 21.6 Å². The van der Waals surface area contributed by atoms with Gasteiger partial charge in [-0.05, 0) is 71.1 Å². The molecule has 2 atom stereocenters. The van der Waals surface area contributed by atoms with E-state index in [4.69, 9.17) is 14.6 Å². The van der Waals surface area contributed by atoms with Crippen LogP contribution in [0.4, 0.5) is 0 Å². The van der Waals surface area contributed by atoms with Gasteiger partial charge in [-0.3, -0.25) is 19.2 Å². The van der Waals surface area contributed by atoms with E-state index in [1.54, 1.807) is 13.8 Å². The van der Waals surface area contributed by atoms with Crippen molar-refractivity contribution in [2.24, 2.45) is 5.41 Å². The maximum absolute atomic E-state index is 13.0. The Morgan fingerprint density at radius 2 is 1.42 bits per heavy atom. The molecule has 1 amide bonds. The molecule has 1 rings (SSSR count). The Kier molecular flexibility index (Phi) is 23.6. The molecule has 1 aliphatic heterocycles. The molecule has 48 heavy (non-hydrogen) atoms. The zero-order chi connectivity index (χ0) is 35.5. The topological polar surface area (TPSA) is 119 Å². The fourth-order valence-electron chi connectivity index (χ4n) is 4.71. The first-order chi connectivity index (χ1) is 23.0. The summed E-state index contributed by atoms with van der Waals surface area (Å²) >= 11 is 0. The van der Waals surface area contributed by atoms with Gasteiger partial charge in [0.2, 0.25) is 0 Å². The van der Waals surface area contributed by atoms with Crippen molar-refractivity contribution in [3.8, 4) is 0 Å². The van der Waals surface area contributed by atoms with E-state index in [1.165, 1.54) is 0 Å². The van der Waals surface area contributed by atoms with Gasteiger partial charge in [0.15, 0.2) is 6.10 Å². The summed E-state index contributed by atoms with van der Waals surface area (Å²) in [6.07, 6.45) is 30.2. The Morgan fingerprint density at radius 1 is 0.833 bits per heavy atom. The number of carbonyl (C=O) groups is 4. The van der Waals surface area contributed by atoms with E-state index in [9.17, 15) is 19.2 Å². The number of esters is 2. The van der Waals surface area contributed by atoms with E-state index >= 15 is 0 Å². The smallest absolute Gasteiger partial charge is 0.306 e. The molecule has 0 saturated carbocycles. The highest BCUT2D eigenvalue weighted by molar-refractivity contribution is 8.77. The zero-order valence-electron chi connectivity index (χ0n) is 29.6. The number of unbranched alkanes of at least 4 members (excludes halogenated alkanes) is 2. The number of hydrogen-bond donors (Lipinski definition) is 2. The minimum Gasteiger partial charge on any atom is -0.481 e. The van der Waals surface area contributed by atoms with E-state index in [-0.39, 0.29) is 43.1 Å². The van der Waals surface area contributed by atoms with Crippen LogP contribution in [0.3, 0.4) is 0 Å². The molecule has 1 aliphatic rings. The van der Waals surface area contributed by atoms with Crippen molar-refractivity contribution in [3.63, 3.8) is 0 Å². The number of aliphatic carboxylic acids is 1. The fraction of sp³-hybridized carbons (Fsp3) is 0.632. The predicted octanol–water partition coefficient (Wildman–Crippen LogP) is 9.08. The molecule has 0 aliphatic carbocycles. The van der Waals surface area contributed by atoms with Crippen LogP contribution in [0, 0.1) is 5.41 Å². The Morgan fingerprint density at radius 3 is 1.98 bits per heavy atom. The van der Waals surface area contributed by atoms with Gasteiger partial charge in [-0.15, -0.1) is 0 Å². The molecule has 0 bridgehead atoms. The highest BCUT2D eigenvalue weighted by Gasteiger charge is 2.40. The Balaban J connectivity index is 2.41. The van der Waals surface area contributed by atoms with Crippen LogP contribution < -0.4 is 5.32 Å². The van der Waals surface area contributed by atoms with Crippen LogP contribution in [-0.4, -0.2) is 58.7 Å². The van der Waals surface area contributed by atoms with Crippen molar-refractivity contribution in [2.75, 3.05) is 18.9 Å². The van der Waals surface area contributed by atoms with E-state index in [0.717, 1.165) is 63.5 Å². The molecule has 270 valence electrons. The maximum atomic E-state index is 13.0. The highest BCUT2D eigenvalue weighted by Crippen LogP contribution is 2.49. The van der Waals surface area contributed by atoms with Crippen LogP contribution in [0.1, 0.15) is 118 Å². The summed E-state index contributed by atoms with van der Waals surface area (Å²) in [5.41, 5.74) is -1.02. The first-order valence-electron chi connectivity index (χ1n) is 17.4. The number of rotatable bonds is 26. The second kappa shape index (κ2) is 26.2. The zero-order valence-corrected chi connectivity index (χ0v) is 31.2. The summed E-state index contributed by atoms with van der Waals surface area (Å²) in [5, 5.41) is 11.5. The lowest BCUT2D eigenvalue weighted by Gasteiger charge is -2.32. The standard InChI is InChI=1S/C38H59NO7S2/c1-5-6-7-8-9-10-11-12-13-14-15-16-17-18-19-20-21-24-33(42)45-31-37(2,3)35(36(44)39-29-26-32(40)41)46-34(43)25-22-23-27-38(4)28-30-47-48-38/h6-7,9-10,12-13,15-16,18-19,35H,5,8,11,14,17,20-31H2,1-4H3,(H,39,44)(H,40,41)/t35?,38-/m1/s1. The molecule has 0 radical (unpaired) electrons. The van der Waals surface area contributed by atoms with Gasteiger partial charge in [-0.2, -0.15) is 0 Å². The van der Waals surface area contributed by atoms with Gasteiger partial charge in [0.1, 0.15) is 6.61 Å². The molecule has 1 fully saturated rings. The van der Waals surface area contributed by atoms with E-state index in [2.05, 4.69) is 79.9 Å². The third-order valence-electron chi connectivity index (χ3n) is 7.66. The number of carboxylic acids is 1. The van der Waals surface area contributed by atoms with Gasteiger partial charge in [0, 0.05) is 35.3 Å². The van der Waals surface area contributed by atoms with Crippen LogP contribution in [0.15, 0.2) is 60.8 Å². The first kappa shape index (κ1) is 43.3. The first-order valence-corrected chi connectivity index (χ1v) is 19.7. The van der Waals surface area contributed by atoms with Gasteiger partial charge in [-0.25, -0.2) is 0 Å². The Hall–Kier alpha value is -2.72. The van der Waals surface area contributed by atoms with E-state index < -0.39 is 29.4 Å². The van der Waals surface area contributed by atoms with Gasteiger partial charge < -0.3 is 19.9 Å². The third-order valence-corrected chi connectivity index (χ3v) is 11.0. The summed E-state index contributed by atoms with van der Waals surface area (Å²) in [6.45, 7) is 7.56. The van der Waals surface area contributed by atoms with Gasteiger partial charge >= 0.3 is 17.9 Å². The minimum absolute atomic E-state index is 0.0951. The third kappa shape index (κ3) is 22.0. The Labute approximate surface area is 297 Å². The molecule has 2 N–H and O–H groups in total. The number of carbonyl (C=O) groups excluding carboxylic acids is 3. The number of carboxylic acid groups (broad SMARTS) is 1. The van der Waals surface area contributed by atoms with Crippen LogP contribution >= 0.6 is 21.6 Å². The number of allylic oxidation sites excluding steroid dienone is 10. The van der Waals surface area contributed by atoms with Gasteiger partial charge in [0.05, 0.1) is 6.42 Å². The monoisotopic (exact) mass is 705 g/mol.